The first-order valence-corrected chi connectivity index (χ1v) is 11.2. The maximum absolute atomic E-state index is 6.41. The third kappa shape index (κ3) is 4.06. The number of hydrogen-bond acceptors (Lipinski definition) is 6. The van der Waals surface area contributed by atoms with E-state index in [0.29, 0.717) is 22.9 Å². The lowest BCUT2D eigenvalue weighted by Crippen LogP contribution is -2.11. The second-order valence-electron chi connectivity index (χ2n) is 7.96. The van der Waals surface area contributed by atoms with Crippen LogP contribution in [-0.2, 0) is 6.54 Å². The molecule has 34 heavy (non-hydrogen) atoms. The summed E-state index contributed by atoms with van der Waals surface area (Å²) in [7, 11) is 1.66. The molecule has 0 saturated heterocycles. The Hall–Kier alpha value is -3.97. The molecule has 0 fully saturated rings. The number of imidazole rings is 1. The SMILES string of the molecule is C=Cc1nc([C@H](C)Nc2ncnc3c2ncn3Cc2ccc(OC)cc2)cc2cccc(Cl)c12. The highest BCUT2D eigenvalue weighted by Crippen LogP contribution is 2.30. The first kappa shape index (κ1) is 21.9. The Bertz CT molecular complexity index is 1500. The van der Waals surface area contributed by atoms with Crippen molar-refractivity contribution >= 4 is 45.4 Å². The predicted octanol–water partition coefficient (Wildman–Crippen LogP) is 5.90. The summed E-state index contributed by atoms with van der Waals surface area (Å²) in [6, 6.07) is 15.7. The summed E-state index contributed by atoms with van der Waals surface area (Å²) in [5.74, 6) is 1.48. The molecule has 5 aromatic rings. The Balaban J connectivity index is 1.44. The fourth-order valence-corrected chi connectivity index (χ4v) is 4.27. The molecule has 1 atom stereocenters. The molecule has 5 rings (SSSR count). The fraction of sp³-hybridized carbons (Fsp3) is 0.154. The number of ether oxygens (including phenoxy) is 1. The molecule has 7 nitrogen and oxygen atoms in total. The lowest BCUT2D eigenvalue weighted by molar-refractivity contribution is 0.414. The van der Waals surface area contributed by atoms with Gasteiger partial charge >= 0.3 is 0 Å². The number of anilines is 1. The molecule has 0 saturated carbocycles. The van der Waals surface area contributed by atoms with Crippen molar-refractivity contribution in [2.24, 2.45) is 0 Å². The van der Waals surface area contributed by atoms with Gasteiger partial charge in [0.25, 0.3) is 0 Å². The molecule has 3 heterocycles. The molecule has 0 aliphatic carbocycles. The van der Waals surface area contributed by atoms with Crippen LogP contribution in [0.25, 0.3) is 28.0 Å². The van der Waals surface area contributed by atoms with Gasteiger partial charge in [-0.3, -0.25) is 4.98 Å². The summed E-state index contributed by atoms with van der Waals surface area (Å²) in [5.41, 5.74) is 4.19. The molecule has 0 aliphatic rings. The number of rotatable bonds is 7. The van der Waals surface area contributed by atoms with Gasteiger partial charge < -0.3 is 14.6 Å². The van der Waals surface area contributed by atoms with Gasteiger partial charge in [-0.05, 0) is 48.2 Å². The number of halogens is 1. The molecule has 1 N–H and O–H groups in total. The molecule has 0 amide bonds. The molecule has 0 bridgehead atoms. The van der Waals surface area contributed by atoms with Gasteiger partial charge in [-0.25, -0.2) is 15.0 Å². The first-order chi connectivity index (χ1) is 16.6. The van der Waals surface area contributed by atoms with Crippen LogP contribution in [-0.4, -0.2) is 31.6 Å². The summed E-state index contributed by atoms with van der Waals surface area (Å²) in [5, 5.41) is 6.02. The molecule has 0 spiro atoms. The smallest absolute Gasteiger partial charge is 0.165 e. The van der Waals surface area contributed by atoms with Crippen molar-refractivity contribution in [2.45, 2.75) is 19.5 Å². The minimum atomic E-state index is -0.132. The quantitative estimate of drug-likeness (QED) is 0.319. The van der Waals surface area contributed by atoms with E-state index in [1.807, 2.05) is 60.0 Å². The standard InChI is InChI=1S/C26H23ClN6O/c1-4-21-23-18(6-5-7-20(23)27)12-22(32-21)16(2)31-25-24-26(29-14-28-25)33(15-30-24)13-17-8-10-19(34-3)11-9-17/h4-12,14-16H,1,13H2,2-3H3,(H,28,29,31)/t16-/m0/s1. The van der Waals surface area contributed by atoms with Crippen molar-refractivity contribution in [3.63, 3.8) is 0 Å². The highest BCUT2D eigenvalue weighted by Gasteiger charge is 2.16. The molecular weight excluding hydrogens is 448 g/mol. The fourth-order valence-electron chi connectivity index (χ4n) is 4.00. The molecule has 0 unspecified atom stereocenters. The van der Waals surface area contributed by atoms with Crippen LogP contribution in [0, 0.1) is 0 Å². The van der Waals surface area contributed by atoms with E-state index in [-0.39, 0.29) is 6.04 Å². The zero-order valence-electron chi connectivity index (χ0n) is 18.9. The summed E-state index contributed by atoms with van der Waals surface area (Å²) in [6.07, 6.45) is 5.06. The third-order valence-electron chi connectivity index (χ3n) is 5.76. The first-order valence-electron chi connectivity index (χ1n) is 10.8. The Morgan fingerprint density at radius 3 is 2.74 bits per heavy atom. The van der Waals surface area contributed by atoms with Gasteiger partial charge in [-0.15, -0.1) is 0 Å². The van der Waals surface area contributed by atoms with E-state index >= 15 is 0 Å². The average molecular weight is 471 g/mol. The molecule has 8 heteroatoms. The minimum Gasteiger partial charge on any atom is -0.497 e. The monoisotopic (exact) mass is 470 g/mol. The summed E-state index contributed by atoms with van der Waals surface area (Å²) in [6.45, 7) is 6.59. The van der Waals surface area contributed by atoms with Gasteiger partial charge in [0.2, 0.25) is 0 Å². The number of nitrogens with one attached hydrogen (secondary N) is 1. The zero-order valence-corrected chi connectivity index (χ0v) is 19.6. The van der Waals surface area contributed by atoms with Crippen LogP contribution in [0.2, 0.25) is 5.02 Å². The van der Waals surface area contributed by atoms with Crippen LogP contribution in [0.1, 0.15) is 29.9 Å². The van der Waals surface area contributed by atoms with Crippen LogP contribution in [0.5, 0.6) is 5.75 Å². The van der Waals surface area contributed by atoms with Crippen molar-refractivity contribution in [1.29, 1.82) is 0 Å². The Kier molecular flexibility index (Phi) is 5.86. The topological polar surface area (TPSA) is 77.8 Å². The van der Waals surface area contributed by atoms with Gasteiger partial charge in [0.05, 0.1) is 42.4 Å². The van der Waals surface area contributed by atoms with E-state index in [1.165, 1.54) is 0 Å². The highest BCUT2D eigenvalue weighted by atomic mass is 35.5. The molecular formula is C26H23ClN6O. The number of aromatic nitrogens is 5. The molecule has 0 aliphatic heterocycles. The van der Waals surface area contributed by atoms with Crippen LogP contribution in [0.3, 0.4) is 0 Å². The third-order valence-corrected chi connectivity index (χ3v) is 6.07. The van der Waals surface area contributed by atoms with E-state index < -0.39 is 0 Å². The van der Waals surface area contributed by atoms with Gasteiger partial charge in [0.15, 0.2) is 11.5 Å². The number of benzene rings is 2. The van der Waals surface area contributed by atoms with Crippen LogP contribution >= 0.6 is 11.6 Å². The second-order valence-corrected chi connectivity index (χ2v) is 8.36. The number of fused-ring (bicyclic) bond motifs is 2. The highest BCUT2D eigenvalue weighted by molar-refractivity contribution is 6.36. The molecule has 170 valence electrons. The Labute approximate surface area is 202 Å². The summed E-state index contributed by atoms with van der Waals surface area (Å²) in [4.78, 5) is 18.3. The van der Waals surface area contributed by atoms with Gasteiger partial charge in [-0.1, -0.05) is 42.4 Å². The summed E-state index contributed by atoms with van der Waals surface area (Å²) >= 11 is 6.41. The largest absolute Gasteiger partial charge is 0.497 e. The Morgan fingerprint density at radius 1 is 1.15 bits per heavy atom. The van der Waals surface area contributed by atoms with E-state index in [1.54, 1.807) is 25.8 Å². The lowest BCUT2D eigenvalue weighted by Gasteiger charge is -2.16. The van der Waals surface area contributed by atoms with Crippen LogP contribution < -0.4 is 10.1 Å². The average Bonchev–Trinajstić information content (AvgIpc) is 3.27. The van der Waals surface area contributed by atoms with Gasteiger partial charge in [0, 0.05) is 5.39 Å². The number of methoxy groups -OCH3 is 1. The normalized spacial score (nSPS) is 12.1. The maximum atomic E-state index is 6.41. The van der Waals surface area contributed by atoms with E-state index in [0.717, 1.165) is 39.1 Å². The van der Waals surface area contributed by atoms with Crippen LogP contribution in [0.15, 0.2) is 67.8 Å². The number of nitrogens with zero attached hydrogens (tertiary/aromatic N) is 5. The van der Waals surface area contributed by atoms with E-state index in [4.69, 9.17) is 21.3 Å². The van der Waals surface area contributed by atoms with Crippen molar-refractivity contribution in [3.8, 4) is 5.75 Å². The molecule has 2 aromatic carbocycles. The number of pyridine rings is 1. The van der Waals surface area contributed by atoms with Crippen molar-refractivity contribution in [1.82, 2.24) is 24.5 Å². The summed E-state index contributed by atoms with van der Waals surface area (Å²) < 4.78 is 7.24. The number of hydrogen-bond donors (Lipinski definition) is 1. The van der Waals surface area contributed by atoms with E-state index in [2.05, 4.69) is 26.8 Å². The van der Waals surface area contributed by atoms with E-state index in [9.17, 15) is 0 Å². The second kappa shape index (κ2) is 9.11. The zero-order chi connectivity index (χ0) is 23.7. The lowest BCUT2D eigenvalue weighted by atomic mass is 10.1. The van der Waals surface area contributed by atoms with Crippen molar-refractivity contribution in [3.05, 3.63) is 89.7 Å². The molecule has 3 aromatic heterocycles. The molecule has 0 radical (unpaired) electrons. The van der Waals surface area contributed by atoms with Crippen LogP contribution in [0.4, 0.5) is 5.82 Å². The van der Waals surface area contributed by atoms with Crippen molar-refractivity contribution in [2.75, 3.05) is 12.4 Å². The van der Waals surface area contributed by atoms with Crippen molar-refractivity contribution < 1.29 is 4.74 Å². The Morgan fingerprint density at radius 2 is 1.97 bits per heavy atom. The maximum Gasteiger partial charge on any atom is 0.165 e. The minimum absolute atomic E-state index is 0.132. The van der Waals surface area contributed by atoms with Gasteiger partial charge in [-0.2, -0.15) is 0 Å². The van der Waals surface area contributed by atoms with Gasteiger partial charge in [0.1, 0.15) is 17.6 Å². The predicted molar refractivity (Wildman–Crippen MR) is 136 cm³/mol.